The predicted octanol–water partition coefficient (Wildman–Crippen LogP) is 5.86. The second-order valence-corrected chi connectivity index (χ2v) is 7.74. The van der Waals surface area contributed by atoms with E-state index in [0.717, 1.165) is 16.5 Å². The fourth-order valence-corrected chi connectivity index (χ4v) is 3.14. The van der Waals surface area contributed by atoms with Gasteiger partial charge in [0.05, 0.1) is 0 Å². The Morgan fingerprint density at radius 2 is 1.59 bits per heavy atom. The van der Waals surface area contributed by atoms with Crippen LogP contribution in [0.3, 0.4) is 0 Å². The topological polar surface area (TPSA) is 80.6 Å². The van der Waals surface area contributed by atoms with Gasteiger partial charge in [0.25, 0.3) is 5.91 Å². The Morgan fingerprint density at radius 3 is 2.38 bits per heavy atom. The van der Waals surface area contributed by atoms with Crippen LogP contribution in [0, 0.1) is 5.92 Å². The first kappa shape index (κ1) is 21.2. The molecule has 3 aromatic carbocycles. The first-order chi connectivity index (χ1) is 15.5. The van der Waals surface area contributed by atoms with E-state index in [2.05, 4.69) is 10.6 Å². The molecule has 0 aliphatic rings. The van der Waals surface area contributed by atoms with Crippen LogP contribution in [-0.2, 0) is 11.4 Å². The quantitative estimate of drug-likeness (QED) is 0.386. The van der Waals surface area contributed by atoms with Crippen LogP contribution in [0.5, 0.6) is 5.75 Å². The molecule has 0 bridgehead atoms. The van der Waals surface area contributed by atoms with Crippen molar-refractivity contribution in [2.75, 3.05) is 10.6 Å². The van der Waals surface area contributed by atoms with Crippen molar-refractivity contribution < 1.29 is 18.7 Å². The summed E-state index contributed by atoms with van der Waals surface area (Å²) in [5.74, 6) is 0.850. The summed E-state index contributed by atoms with van der Waals surface area (Å²) < 4.78 is 11.5. The van der Waals surface area contributed by atoms with E-state index in [0.29, 0.717) is 17.1 Å². The fourth-order valence-electron chi connectivity index (χ4n) is 3.14. The highest BCUT2D eigenvalue weighted by Crippen LogP contribution is 2.22. The number of ether oxygens (including phenoxy) is 1. The largest absolute Gasteiger partial charge is 0.486 e. The zero-order chi connectivity index (χ0) is 22.5. The molecular weight excluding hydrogens is 404 g/mol. The van der Waals surface area contributed by atoms with Crippen molar-refractivity contribution in [2.24, 2.45) is 5.92 Å². The van der Waals surface area contributed by atoms with Crippen molar-refractivity contribution in [2.45, 2.75) is 20.5 Å². The van der Waals surface area contributed by atoms with Crippen molar-refractivity contribution in [3.05, 3.63) is 90.4 Å². The van der Waals surface area contributed by atoms with Crippen LogP contribution in [0.2, 0.25) is 0 Å². The Bertz CT molecular complexity index is 1260. The molecule has 0 aliphatic carbocycles. The molecule has 1 heterocycles. The zero-order valence-electron chi connectivity index (χ0n) is 17.9. The van der Waals surface area contributed by atoms with Crippen molar-refractivity contribution in [1.82, 2.24) is 0 Å². The summed E-state index contributed by atoms with van der Waals surface area (Å²) >= 11 is 0. The second-order valence-electron chi connectivity index (χ2n) is 7.74. The first-order valence-electron chi connectivity index (χ1n) is 10.4. The van der Waals surface area contributed by atoms with Gasteiger partial charge in [-0.15, -0.1) is 0 Å². The number of hydrogen-bond acceptors (Lipinski definition) is 4. The molecule has 32 heavy (non-hydrogen) atoms. The Kier molecular flexibility index (Phi) is 6.22. The van der Waals surface area contributed by atoms with Gasteiger partial charge in [-0.25, -0.2) is 0 Å². The van der Waals surface area contributed by atoms with E-state index in [4.69, 9.17) is 9.15 Å². The summed E-state index contributed by atoms with van der Waals surface area (Å²) in [5.41, 5.74) is 1.17. The van der Waals surface area contributed by atoms with Crippen LogP contribution in [0.15, 0.2) is 83.3 Å². The number of rotatable bonds is 7. The molecule has 0 fully saturated rings. The summed E-state index contributed by atoms with van der Waals surface area (Å²) in [6.45, 7) is 3.85. The van der Waals surface area contributed by atoms with Gasteiger partial charge in [-0.3, -0.25) is 9.59 Å². The lowest BCUT2D eigenvalue weighted by Gasteiger charge is -2.09. The maximum absolute atomic E-state index is 12.6. The van der Waals surface area contributed by atoms with E-state index in [1.54, 1.807) is 36.4 Å². The number of hydrogen-bond donors (Lipinski definition) is 2. The normalized spacial score (nSPS) is 10.8. The fraction of sp³-hybridized carbons (Fsp3) is 0.154. The van der Waals surface area contributed by atoms with Gasteiger partial charge in [-0.1, -0.05) is 50.2 Å². The smallest absolute Gasteiger partial charge is 0.291 e. The highest BCUT2D eigenvalue weighted by Gasteiger charge is 2.13. The molecule has 0 saturated carbocycles. The summed E-state index contributed by atoms with van der Waals surface area (Å²) in [6.07, 6.45) is 0. The third-order valence-corrected chi connectivity index (χ3v) is 4.90. The Labute approximate surface area is 186 Å². The zero-order valence-corrected chi connectivity index (χ0v) is 17.9. The van der Waals surface area contributed by atoms with E-state index in [9.17, 15) is 9.59 Å². The minimum Gasteiger partial charge on any atom is -0.486 e. The summed E-state index contributed by atoms with van der Waals surface area (Å²) in [6, 6.07) is 24.2. The maximum atomic E-state index is 12.6. The number of nitrogens with one attached hydrogen (secondary N) is 2. The molecule has 4 rings (SSSR count). The van der Waals surface area contributed by atoms with Crippen LogP contribution in [-0.4, -0.2) is 11.8 Å². The lowest BCUT2D eigenvalue weighted by atomic mass is 10.1. The van der Waals surface area contributed by atoms with Crippen molar-refractivity contribution in [3.8, 4) is 5.75 Å². The van der Waals surface area contributed by atoms with Crippen LogP contribution < -0.4 is 15.4 Å². The van der Waals surface area contributed by atoms with Gasteiger partial charge >= 0.3 is 0 Å². The predicted molar refractivity (Wildman–Crippen MR) is 125 cm³/mol. The van der Waals surface area contributed by atoms with Crippen molar-refractivity contribution >= 4 is 34.0 Å². The van der Waals surface area contributed by atoms with Crippen molar-refractivity contribution in [1.29, 1.82) is 0 Å². The summed E-state index contributed by atoms with van der Waals surface area (Å²) in [7, 11) is 0. The minimum absolute atomic E-state index is 0.0874. The van der Waals surface area contributed by atoms with Gasteiger partial charge in [0.1, 0.15) is 18.1 Å². The third kappa shape index (κ3) is 5.16. The number of carbonyl (C=O) groups excluding carboxylic acids is 2. The number of anilines is 2. The van der Waals surface area contributed by atoms with E-state index in [1.165, 1.54) is 0 Å². The molecule has 2 amide bonds. The number of fused-ring (bicyclic) bond motifs is 1. The minimum atomic E-state index is -0.380. The van der Waals surface area contributed by atoms with Gasteiger partial charge in [0.2, 0.25) is 5.91 Å². The lowest BCUT2D eigenvalue weighted by Crippen LogP contribution is -2.18. The average molecular weight is 428 g/mol. The molecule has 0 spiro atoms. The Balaban J connectivity index is 1.36. The first-order valence-corrected chi connectivity index (χ1v) is 10.4. The van der Waals surface area contributed by atoms with Gasteiger partial charge < -0.3 is 19.8 Å². The molecule has 1 aromatic heterocycles. The SMILES string of the molecule is CC(C)C(=O)Nc1cccc(NC(=O)c2ccc(COc3ccc4ccccc4c3)o2)c1. The van der Waals surface area contributed by atoms with Gasteiger partial charge in [0.15, 0.2) is 5.76 Å². The van der Waals surface area contributed by atoms with E-state index in [1.807, 2.05) is 56.3 Å². The van der Waals surface area contributed by atoms with Crippen molar-refractivity contribution in [3.63, 3.8) is 0 Å². The molecule has 6 nitrogen and oxygen atoms in total. The molecule has 2 N–H and O–H groups in total. The average Bonchev–Trinajstić information content (AvgIpc) is 3.27. The Morgan fingerprint density at radius 1 is 0.844 bits per heavy atom. The van der Waals surface area contributed by atoms with E-state index < -0.39 is 0 Å². The van der Waals surface area contributed by atoms with Crippen LogP contribution in [0.25, 0.3) is 10.8 Å². The van der Waals surface area contributed by atoms with E-state index >= 15 is 0 Å². The van der Waals surface area contributed by atoms with Gasteiger partial charge in [-0.2, -0.15) is 0 Å². The van der Waals surface area contributed by atoms with Crippen LogP contribution >= 0.6 is 0 Å². The van der Waals surface area contributed by atoms with Crippen LogP contribution in [0.1, 0.15) is 30.2 Å². The number of furan rings is 1. The number of carbonyl (C=O) groups is 2. The molecule has 0 radical (unpaired) electrons. The second kappa shape index (κ2) is 9.39. The Hall–Kier alpha value is -4.06. The highest BCUT2D eigenvalue weighted by molar-refractivity contribution is 6.02. The summed E-state index contributed by atoms with van der Waals surface area (Å²) in [4.78, 5) is 24.4. The van der Waals surface area contributed by atoms with Crippen LogP contribution in [0.4, 0.5) is 11.4 Å². The van der Waals surface area contributed by atoms with Gasteiger partial charge in [-0.05, 0) is 53.2 Å². The van der Waals surface area contributed by atoms with E-state index in [-0.39, 0.29) is 30.1 Å². The standard InChI is InChI=1S/C26H24N2O4/c1-17(2)25(29)27-20-8-5-9-21(15-20)28-26(30)24-13-12-23(32-24)16-31-22-11-10-18-6-3-4-7-19(18)14-22/h3-15,17H,16H2,1-2H3,(H,27,29)(H,28,30). The summed E-state index contributed by atoms with van der Waals surface area (Å²) in [5, 5.41) is 7.83. The molecular formula is C26H24N2O4. The highest BCUT2D eigenvalue weighted by atomic mass is 16.5. The third-order valence-electron chi connectivity index (χ3n) is 4.90. The lowest BCUT2D eigenvalue weighted by molar-refractivity contribution is -0.118. The monoisotopic (exact) mass is 428 g/mol. The molecule has 162 valence electrons. The molecule has 0 unspecified atom stereocenters. The molecule has 6 heteroatoms. The molecule has 0 saturated heterocycles. The molecule has 0 atom stereocenters. The molecule has 4 aromatic rings. The molecule has 0 aliphatic heterocycles. The van der Waals surface area contributed by atoms with Gasteiger partial charge in [0, 0.05) is 17.3 Å². The number of amides is 2. The number of benzene rings is 3. The maximum Gasteiger partial charge on any atom is 0.291 e.